The van der Waals surface area contributed by atoms with Crippen molar-refractivity contribution in [2.24, 2.45) is 11.7 Å². The van der Waals surface area contributed by atoms with Crippen molar-refractivity contribution in [3.05, 3.63) is 17.9 Å². The van der Waals surface area contributed by atoms with Gasteiger partial charge >= 0.3 is 0 Å². The van der Waals surface area contributed by atoms with Crippen LogP contribution in [0.15, 0.2) is 17.9 Å². The molecule has 0 radical (unpaired) electrons. The van der Waals surface area contributed by atoms with Crippen LogP contribution in [0.4, 0.5) is 0 Å². The van der Waals surface area contributed by atoms with Gasteiger partial charge in [-0.1, -0.05) is 20.4 Å². The topological polar surface area (TPSA) is 26.0 Å². The maximum atomic E-state index is 5.79. The lowest BCUT2D eigenvalue weighted by atomic mass is 10.00. The first-order valence-corrected chi connectivity index (χ1v) is 3.70. The molecule has 0 aliphatic carbocycles. The fraction of sp³-hybridized carbons (Fsp3) is 0.667. The Balaban J connectivity index is 3.85. The molecule has 1 atom stereocenters. The van der Waals surface area contributed by atoms with Gasteiger partial charge in [0.1, 0.15) is 0 Å². The lowest BCUT2D eigenvalue weighted by molar-refractivity contribution is 0.533. The summed E-state index contributed by atoms with van der Waals surface area (Å²) in [5, 5.41) is 0. The third-order valence-electron chi connectivity index (χ3n) is 1.56. The molecule has 58 valence electrons. The second-order valence-corrected chi connectivity index (χ2v) is 3.10. The monoisotopic (exact) mass is 139 g/mol. The van der Waals surface area contributed by atoms with Crippen molar-refractivity contribution in [1.29, 1.82) is 0 Å². The maximum Gasteiger partial charge on any atom is 0.0329 e. The van der Waals surface area contributed by atoms with Gasteiger partial charge < -0.3 is 5.73 Å². The molecule has 1 heteroatoms. The molecule has 0 amide bonds. The second-order valence-electron chi connectivity index (χ2n) is 3.10. The molecule has 0 aromatic rings. The van der Waals surface area contributed by atoms with Gasteiger partial charge in [-0.3, -0.25) is 0 Å². The van der Waals surface area contributed by atoms with Gasteiger partial charge in [0.15, 0.2) is 0 Å². The van der Waals surface area contributed by atoms with E-state index < -0.39 is 0 Å². The summed E-state index contributed by atoms with van der Waals surface area (Å²) >= 11 is 0. The van der Waals surface area contributed by atoms with Crippen LogP contribution in [0.3, 0.4) is 0 Å². The van der Waals surface area contributed by atoms with Crippen LogP contribution in [0.1, 0.15) is 27.2 Å². The van der Waals surface area contributed by atoms with Crippen LogP contribution in [0.2, 0.25) is 0 Å². The van der Waals surface area contributed by atoms with Gasteiger partial charge in [0.05, 0.1) is 0 Å². The van der Waals surface area contributed by atoms with Crippen LogP contribution < -0.4 is 5.73 Å². The lowest BCUT2D eigenvalue weighted by Gasteiger charge is -2.12. The fourth-order valence-corrected chi connectivity index (χ4v) is 0.816. The highest BCUT2D eigenvalue weighted by Gasteiger charge is 2.05. The molecule has 0 bridgehead atoms. The van der Waals surface area contributed by atoms with Crippen LogP contribution in [0.5, 0.6) is 0 Å². The van der Waals surface area contributed by atoms with E-state index in [-0.39, 0.29) is 6.04 Å². The van der Waals surface area contributed by atoms with Crippen molar-refractivity contribution in [3.8, 4) is 0 Å². The standard InChI is InChI=1S/C9H17N/c1-5-8(4)9(10)6-7(2)3/h7,9H,1,6,10H2,2-4H3/t9-/m0/s1. The summed E-state index contributed by atoms with van der Waals surface area (Å²) in [4.78, 5) is 0. The molecule has 0 unspecified atom stereocenters. The quantitative estimate of drug-likeness (QED) is 0.595. The van der Waals surface area contributed by atoms with E-state index in [1.54, 1.807) is 0 Å². The van der Waals surface area contributed by atoms with E-state index in [9.17, 15) is 0 Å². The van der Waals surface area contributed by atoms with Gasteiger partial charge in [-0.05, 0) is 24.8 Å². The molecular weight excluding hydrogens is 122 g/mol. The Hall–Kier alpha value is -0.520. The summed E-state index contributed by atoms with van der Waals surface area (Å²) in [6.07, 6.45) is 1.02. The van der Waals surface area contributed by atoms with E-state index in [0.717, 1.165) is 12.0 Å². The number of hydrogen-bond donors (Lipinski definition) is 1. The minimum Gasteiger partial charge on any atom is -0.324 e. The molecule has 0 rings (SSSR count). The molecule has 0 spiro atoms. The van der Waals surface area contributed by atoms with E-state index in [2.05, 4.69) is 26.2 Å². The minimum atomic E-state index is 0.150. The summed E-state index contributed by atoms with van der Waals surface area (Å²) in [6, 6.07) is 0.150. The Morgan fingerprint density at radius 2 is 2.10 bits per heavy atom. The Morgan fingerprint density at radius 1 is 1.60 bits per heavy atom. The molecule has 1 nitrogen and oxygen atoms in total. The summed E-state index contributed by atoms with van der Waals surface area (Å²) in [5.41, 5.74) is 9.66. The number of nitrogens with two attached hydrogens (primary N) is 1. The summed E-state index contributed by atoms with van der Waals surface area (Å²) in [5.74, 6) is 0.651. The average molecular weight is 139 g/mol. The van der Waals surface area contributed by atoms with Gasteiger partial charge in [0.2, 0.25) is 0 Å². The fourth-order valence-electron chi connectivity index (χ4n) is 0.816. The van der Waals surface area contributed by atoms with E-state index in [4.69, 9.17) is 5.73 Å². The van der Waals surface area contributed by atoms with Gasteiger partial charge in [0, 0.05) is 6.04 Å². The molecule has 0 fully saturated rings. The van der Waals surface area contributed by atoms with E-state index in [1.807, 2.05) is 6.92 Å². The Morgan fingerprint density at radius 3 is 2.40 bits per heavy atom. The maximum absolute atomic E-state index is 5.79. The predicted molar refractivity (Wildman–Crippen MR) is 45.8 cm³/mol. The van der Waals surface area contributed by atoms with Crippen LogP contribution in [-0.2, 0) is 0 Å². The predicted octanol–water partition coefficient (Wildman–Crippen LogP) is 2.09. The zero-order valence-electron chi connectivity index (χ0n) is 7.15. The lowest BCUT2D eigenvalue weighted by Crippen LogP contribution is -2.22. The Bertz CT molecular complexity index is 141. The SMILES string of the molecule is C=C=C(C)[C@@H](N)CC(C)C. The molecule has 0 saturated heterocycles. The zero-order chi connectivity index (χ0) is 8.15. The summed E-state index contributed by atoms with van der Waals surface area (Å²) in [7, 11) is 0. The van der Waals surface area contributed by atoms with E-state index in [0.29, 0.717) is 5.92 Å². The van der Waals surface area contributed by atoms with Gasteiger partial charge in [-0.15, -0.1) is 5.73 Å². The first-order chi connectivity index (χ1) is 4.57. The Kier molecular flexibility index (Phi) is 4.10. The molecule has 0 aromatic carbocycles. The molecule has 0 aliphatic rings. The summed E-state index contributed by atoms with van der Waals surface area (Å²) < 4.78 is 0. The average Bonchev–Trinajstić information content (AvgIpc) is 1.85. The van der Waals surface area contributed by atoms with Crippen molar-refractivity contribution >= 4 is 0 Å². The normalized spacial score (nSPS) is 12.9. The second kappa shape index (κ2) is 4.32. The van der Waals surface area contributed by atoms with Crippen molar-refractivity contribution in [1.82, 2.24) is 0 Å². The highest BCUT2D eigenvalue weighted by Crippen LogP contribution is 2.08. The van der Waals surface area contributed by atoms with Crippen molar-refractivity contribution in [3.63, 3.8) is 0 Å². The molecule has 0 aliphatic heterocycles. The largest absolute Gasteiger partial charge is 0.324 e. The van der Waals surface area contributed by atoms with Crippen LogP contribution in [0.25, 0.3) is 0 Å². The van der Waals surface area contributed by atoms with Crippen LogP contribution in [0, 0.1) is 5.92 Å². The third-order valence-corrected chi connectivity index (χ3v) is 1.56. The highest BCUT2D eigenvalue weighted by molar-refractivity contribution is 5.03. The summed E-state index contributed by atoms with van der Waals surface area (Å²) in [6.45, 7) is 9.85. The highest BCUT2D eigenvalue weighted by atomic mass is 14.6. The van der Waals surface area contributed by atoms with E-state index >= 15 is 0 Å². The number of rotatable bonds is 3. The van der Waals surface area contributed by atoms with E-state index in [1.165, 1.54) is 0 Å². The zero-order valence-corrected chi connectivity index (χ0v) is 7.15. The molecule has 0 saturated carbocycles. The van der Waals surface area contributed by atoms with Crippen LogP contribution >= 0.6 is 0 Å². The molecule has 10 heavy (non-hydrogen) atoms. The van der Waals surface area contributed by atoms with Crippen molar-refractivity contribution in [2.45, 2.75) is 33.2 Å². The third kappa shape index (κ3) is 3.49. The van der Waals surface area contributed by atoms with Gasteiger partial charge in [-0.25, -0.2) is 0 Å². The van der Waals surface area contributed by atoms with Crippen molar-refractivity contribution in [2.75, 3.05) is 0 Å². The first kappa shape index (κ1) is 9.48. The smallest absolute Gasteiger partial charge is 0.0329 e. The molecule has 0 heterocycles. The van der Waals surface area contributed by atoms with Crippen LogP contribution in [-0.4, -0.2) is 6.04 Å². The molecule has 0 aromatic heterocycles. The number of hydrogen-bond acceptors (Lipinski definition) is 1. The molecule has 2 N–H and O–H groups in total. The molecular formula is C9H17N. The van der Waals surface area contributed by atoms with Gasteiger partial charge in [0.25, 0.3) is 0 Å². The minimum absolute atomic E-state index is 0.150. The first-order valence-electron chi connectivity index (χ1n) is 3.70. The van der Waals surface area contributed by atoms with Gasteiger partial charge in [-0.2, -0.15) is 0 Å². The Labute approximate surface area is 63.6 Å². The van der Waals surface area contributed by atoms with Crippen molar-refractivity contribution < 1.29 is 0 Å².